The van der Waals surface area contributed by atoms with Crippen LogP contribution in [0.3, 0.4) is 0 Å². The SMILES string of the molecule is Cc1ccc(OCC(=O)N(Cc2ccc(Cl)cc2)[C@H](C)C(=O)NCC(C)C)c(C)c1. The minimum atomic E-state index is -0.630. The van der Waals surface area contributed by atoms with Crippen molar-refractivity contribution in [3.05, 3.63) is 64.2 Å². The molecule has 0 radical (unpaired) electrons. The van der Waals surface area contributed by atoms with Crippen LogP contribution in [0.25, 0.3) is 0 Å². The molecule has 0 heterocycles. The third-order valence-electron chi connectivity index (χ3n) is 4.80. The molecule has 0 fully saturated rings. The zero-order valence-corrected chi connectivity index (χ0v) is 19.1. The van der Waals surface area contributed by atoms with Gasteiger partial charge in [0.15, 0.2) is 6.61 Å². The summed E-state index contributed by atoms with van der Waals surface area (Å²) >= 11 is 5.97. The van der Waals surface area contributed by atoms with Gasteiger partial charge in [0.05, 0.1) is 0 Å². The van der Waals surface area contributed by atoms with Crippen molar-refractivity contribution in [2.75, 3.05) is 13.2 Å². The average Bonchev–Trinajstić information content (AvgIpc) is 2.70. The lowest BCUT2D eigenvalue weighted by molar-refractivity contribution is -0.142. The minimum absolute atomic E-state index is 0.140. The number of rotatable bonds is 9. The van der Waals surface area contributed by atoms with E-state index < -0.39 is 6.04 Å². The quantitative estimate of drug-likeness (QED) is 0.636. The van der Waals surface area contributed by atoms with Gasteiger partial charge < -0.3 is 15.0 Å². The van der Waals surface area contributed by atoms with Crippen LogP contribution in [0.15, 0.2) is 42.5 Å². The Morgan fingerprint density at radius 3 is 2.33 bits per heavy atom. The number of aryl methyl sites for hydroxylation is 2. The first-order valence-electron chi connectivity index (χ1n) is 10.2. The molecule has 0 aliphatic heterocycles. The van der Waals surface area contributed by atoms with E-state index in [1.165, 1.54) is 0 Å². The third kappa shape index (κ3) is 7.06. The Kier molecular flexibility index (Phi) is 8.72. The van der Waals surface area contributed by atoms with Gasteiger partial charge in [0.25, 0.3) is 5.91 Å². The molecule has 0 spiro atoms. The fourth-order valence-corrected chi connectivity index (χ4v) is 3.13. The third-order valence-corrected chi connectivity index (χ3v) is 5.05. The maximum atomic E-state index is 13.0. The van der Waals surface area contributed by atoms with E-state index in [1.807, 2.05) is 58.0 Å². The summed E-state index contributed by atoms with van der Waals surface area (Å²) in [5.74, 6) is 0.557. The Morgan fingerprint density at radius 1 is 1.07 bits per heavy atom. The normalized spacial score (nSPS) is 11.8. The standard InChI is InChI=1S/C24H31ClN2O3/c1-16(2)13-26-24(29)19(5)27(14-20-7-9-21(25)10-8-20)23(28)15-30-22-11-6-17(3)12-18(22)4/h6-12,16,19H,13-15H2,1-5H3,(H,26,29)/t19-/m1/s1. The topological polar surface area (TPSA) is 58.6 Å². The van der Waals surface area contributed by atoms with Crippen molar-refractivity contribution in [3.63, 3.8) is 0 Å². The Bertz CT molecular complexity index is 865. The number of hydrogen-bond acceptors (Lipinski definition) is 3. The highest BCUT2D eigenvalue weighted by Crippen LogP contribution is 2.19. The van der Waals surface area contributed by atoms with Gasteiger partial charge in [-0.3, -0.25) is 9.59 Å². The molecule has 162 valence electrons. The molecule has 0 bridgehead atoms. The smallest absolute Gasteiger partial charge is 0.261 e. The second-order valence-corrected chi connectivity index (χ2v) is 8.46. The number of carbonyl (C=O) groups excluding carboxylic acids is 2. The molecular weight excluding hydrogens is 400 g/mol. The van der Waals surface area contributed by atoms with Gasteiger partial charge in [0, 0.05) is 18.1 Å². The lowest BCUT2D eigenvalue weighted by Gasteiger charge is -2.29. The van der Waals surface area contributed by atoms with E-state index in [0.29, 0.717) is 29.8 Å². The molecule has 0 saturated carbocycles. The number of amides is 2. The molecule has 2 aromatic rings. The monoisotopic (exact) mass is 430 g/mol. The van der Waals surface area contributed by atoms with Gasteiger partial charge in [-0.05, 0) is 56.0 Å². The second-order valence-electron chi connectivity index (χ2n) is 8.02. The number of hydrogen-bond donors (Lipinski definition) is 1. The molecule has 2 amide bonds. The summed E-state index contributed by atoms with van der Waals surface area (Å²) in [4.78, 5) is 27.2. The van der Waals surface area contributed by atoms with Crippen molar-refractivity contribution in [2.45, 2.75) is 47.2 Å². The van der Waals surface area contributed by atoms with Gasteiger partial charge in [-0.15, -0.1) is 0 Å². The summed E-state index contributed by atoms with van der Waals surface area (Å²) in [6, 6.07) is 12.4. The summed E-state index contributed by atoms with van der Waals surface area (Å²) in [6.45, 7) is 10.5. The predicted octanol–water partition coefficient (Wildman–Crippen LogP) is 4.53. The van der Waals surface area contributed by atoms with Gasteiger partial charge in [-0.25, -0.2) is 0 Å². The van der Waals surface area contributed by atoms with E-state index in [-0.39, 0.29) is 18.4 Å². The number of nitrogens with one attached hydrogen (secondary N) is 1. The minimum Gasteiger partial charge on any atom is -0.483 e. The van der Waals surface area contributed by atoms with Gasteiger partial charge >= 0.3 is 0 Å². The van der Waals surface area contributed by atoms with Gasteiger partial charge in [-0.2, -0.15) is 0 Å². The maximum absolute atomic E-state index is 13.0. The molecule has 0 aromatic heterocycles. The highest BCUT2D eigenvalue weighted by atomic mass is 35.5. The summed E-state index contributed by atoms with van der Waals surface area (Å²) in [5.41, 5.74) is 2.99. The molecule has 0 aliphatic carbocycles. The number of benzene rings is 2. The number of carbonyl (C=O) groups is 2. The fraction of sp³-hybridized carbons (Fsp3) is 0.417. The molecular formula is C24H31ClN2O3. The van der Waals surface area contributed by atoms with Crippen LogP contribution in [0.2, 0.25) is 5.02 Å². The van der Waals surface area contributed by atoms with E-state index in [4.69, 9.17) is 16.3 Å². The van der Waals surface area contributed by atoms with Crippen molar-refractivity contribution in [1.29, 1.82) is 0 Å². The predicted molar refractivity (Wildman–Crippen MR) is 121 cm³/mol. The zero-order chi connectivity index (χ0) is 22.3. The number of nitrogens with zero attached hydrogens (tertiary/aromatic N) is 1. The highest BCUT2D eigenvalue weighted by Gasteiger charge is 2.26. The summed E-state index contributed by atoms with van der Waals surface area (Å²) < 4.78 is 5.78. The molecule has 0 saturated heterocycles. The average molecular weight is 431 g/mol. The molecule has 2 rings (SSSR count). The second kappa shape index (κ2) is 11.0. The van der Waals surface area contributed by atoms with Crippen molar-refractivity contribution in [3.8, 4) is 5.75 Å². The number of halogens is 1. The van der Waals surface area contributed by atoms with Crippen molar-refractivity contribution >= 4 is 23.4 Å². The largest absolute Gasteiger partial charge is 0.483 e. The van der Waals surface area contributed by atoms with Crippen LogP contribution in [0.4, 0.5) is 0 Å². The van der Waals surface area contributed by atoms with Crippen LogP contribution in [0.1, 0.15) is 37.5 Å². The summed E-state index contributed by atoms with van der Waals surface area (Å²) in [5, 5.41) is 3.53. The Morgan fingerprint density at radius 2 is 1.73 bits per heavy atom. The van der Waals surface area contributed by atoms with Crippen LogP contribution in [0.5, 0.6) is 5.75 Å². The van der Waals surface area contributed by atoms with Crippen LogP contribution < -0.4 is 10.1 Å². The van der Waals surface area contributed by atoms with Gasteiger partial charge in [-0.1, -0.05) is 55.3 Å². The Balaban J connectivity index is 2.14. The van der Waals surface area contributed by atoms with Crippen LogP contribution in [-0.4, -0.2) is 35.9 Å². The Hall–Kier alpha value is -2.53. The van der Waals surface area contributed by atoms with Crippen molar-refractivity contribution in [2.24, 2.45) is 5.92 Å². The summed E-state index contributed by atoms with van der Waals surface area (Å²) in [7, 11) is 0. The van der Waals surface area contributed by atoms with Crippen molar-refractivity contribution in [1.82, 2.24) is 10.2 Å². The van der Waals surface area contributed by atoms with E-state index in [2.05, 4.69) is 5.32 Å². The molecule has 6 heteroatoms. The summed E-state index contributed by atoms with van der Waals surface area (Å²) in [6.07, 6.45) is 0. The van der Waals surface area contributed by atoms with Crippen LogP contribution >= 0.6 is 11.6 Å². The van der Waals surface area contributed by atoms with E-state index in [0.717, 1.165) is 16.7 Å². The van der Waals surface area contributed by atoms with E-state index in [9.17, 15) is 9.59 Å². The van der Waals surface area contributed by atoms with Gasteiger partial charge in [0.1, 0.15) is 11.8 Å². The molecule has 0 aliphatic rings. The van der Waals surface area contributed by atoms with Crippen molar-refractivity contribution < 1.29 is 14.3 Å². The molecule has 2 aromatic carbocycles. The lowest BCUT2D eigenvalue weighted by atomic mass is 10.1. The molecule has 1 atom stereocenters. The maximum Gasteiger partial charge on any atom is 0.261 e. The molecule has 5 nitrogen and oxygen atoms in total. The van der Waals surface area contributed by atoms with E-state index >= 15 is 0 Å². The number of ether oxygens (including phenoxy) is 1. The lowest BCUT2D eigenvalue weighted by Crippen LogP contribution is -2.49. The first-order chi connectivity index (χ1) is 14.2. The molecule has 0 unspecified atom stereocenters. The Labute approximate surface area is 184 Å². The molecule has 30 heavy (non-hydrogen) atoms. The van der Waals surface area contributed by atoms with Crippen LogP contribution in [0, 0.1) is 19.8 Å². The highest BCUT2D eigenvalue weighted by molar-refractivity contribution is 6.30. The fourth-order valence-electron chi connectivity index (χ4n) is 3.01. The molecule has 1 N–H and O–H groups in total. The first kappa shape index (κ1) is 23.7. The van der Waals surface area contributed by atoms with Crippen LogP contribution in [-0.2, 0) is 16.1 Å². The van der Waals surface area contributed by atoms with Gasteiger partial charge in [0.2, 0.25) is 5.91 Å². The zero-order valence-electron chi connectivity index (χ0n) is 18.4. The van der Waals surface area contributed by atoms with E-state index in [1.54, 1.807) is 24.0 Å². The first-order valence-corrected chi connectivity index (χ1v) is 10.6.